The number of ketones is 1. The van der Waals surface area contributed by atoms with Crippen molar-refractivity contribution in [1.29, 1.82) is 0 Å². The second-order valence-corrected chi connectivity index (χ2v) is 8.07. The predicted molar refractivity (Wildman–Crippen MR) is 105 cm³/mol. The van der Waals surface area contributed by atoms with Crippen LogP contribution in [-0.2, 0) is 12.8 Å². The molecule has 3 aromatic rings. The molecular formula is C21H20N2O3S. The highest BCUT2D eigenvalue weighted by atomic mass is 32.1. The lowest BCUT2D eigenvalue weighted by Gasteiger charge is -2.15. The predicted octanol–water partition coefficient (Wildman–Crippen LogP) is 4.98. The first kappa shape index (κ1) is 17.7. The largest absolute Gasteiger partial charge is 0.451 e. The normalized spacial score (nSPS) is 16.0. The molecule has 5 nitrogen and oxygen atoms in total. The Bertz CT molecular complexity index is 1000. The summed E-state index contributed by atoms with van der Waals surface area (Å²) < 4.78 is 5.70. The number of amides is 1. The van der Waals surface area contributed by atoms with Crippen molar-refractivity contribution in [3.8, 4) is 11.3 Å². The average Bonchev–Trinajstić information content (AvgIpc) is 3.28. The summed E-state index contributed by atoms with van der Waals surface area (Å²) in [7, 11) is 0. The van der Waals surface area contributed by atoms with Gasteiger partial charge in [0.1, 0.15) is 5.76 Å². The minimum atomic E-state index is -0.305. The number of aryl methyl sites for hydroxylation is 1. The lowest BCUT2D eigenvalue weighted by molar-refractivity contribution is 0.0994. The van der Waals surface area contributed by atoms with Crippen LogP contribution in [-0.4, -0.2) is 16.7 Å². The minimum absolute atomic E-state index is 0.0154. The van der Waals surface area contributed by atoms with E-state index < -0.39 is 0 Å². The van der Waals surface area contributed by atoms with Gasteiger partial charge in [0.15, 0.2) is 16.7 Å². The number of carbonyl (C=O) groups is 2. The number of anilines is 1. The van der Waals surface area contributed by atoms with Gasteiger partial charge in [-0.2, -0.15) is 0 Å². The van der Waals surface area contributed by atoms with E-state index in [4.69, 9.17) is 4.42 Å². The Morgan fingerprint density at radius 2 is 1.96 bits per heavy atom. The Kier molecular flexibility index (Phi) is 4.66. The van der Waals surface area contributed by atoms with Crippen molar-refractivity contribution < 1.29 is 14.0 Å². The van der Waals surface area contributed by atoms with Crippen molar-refractivity contribution in [3.63, 3.8) is 0 Å². The first-order chi connectivity index (χ1) is 13.0. The van der Waals surface area contributed by atoms with Crippen LogP contribution in [0.25, 0.3) is 11.3 Å². The van der Waals surface area contributed by atoms with Gasteiger partial charge in [0.05, 0.1) is 5.69 Å². The number of carbonyl (C=O) groups excluding carboxylic acids is 2. The number of aromatic nitrogens is 1. The lowest BCUT2D eigenvalue weighted by Crippen LogP contribution is -2.11. The highest BCUT2D eigenvalue weighted by Gasteiger charge is 2.21. The molecule has 1 atom stereocenters. The number of fused-ring (bicyclic) bond motifs is 1. The highest BCUT2D eigenvalue weighted by molar-refractivity contribution is 7.15. The molecule has 27 heavy (non-hydrogen) atoms. The maximum absolute atomic E-state index is 12.5. The smallest absolute Gasteiger partial charge is 0.293 e. The van der Waals surface area contributed by atoms with Gasteiger partial charge in [-0.3, -0.25) is 14.9 Å². The summed E-state index contributed by atoms with van der Waals surface area (Å²) in [4.78, 5) is 29.7. The maximum Gasteiger partial charge on any atom is 0.293 e. The van der Waals surface area contributed by atoms with Crippen molar-refractivity contribution in [2.45, 2.75) is 33.1 Å². The van der Waals surface area contributed by atoms with E-state index in [1.54, 1.807) is 35.6 Å². The fourth-order valence-corrected chi connectivity index (χ4v) is 4.40. The minimum Gasteiger partial charge on any atom is -0.451 e. The lowest BCUT2D eigenvalue weighted by atomic mass is 9.93. The topological polar surface area (TPSA) is 72.2 Å². The molecule has 1 amide bonds. The quantitative estimate of drug-likeness (QED) is 0.648. The van der Waals surface area contributed by atoms with Crippen molar-refractivity contribution >= 4 is 28.2 Å². The van der Waals surface area contributed by atoms with E-state index >= 15 is 0 Å². The molecule has 0 aliphatic heterocycles. The zero-order valence-corrected chi connectivity index (χ0v) is 16.1. The molecule has 1 aliphatic carbocycles. The van der Waals surface area contributed by atoms with Gasteiger partial charge in [0, 0.05) is 16.0 Å². The average molecular weight is 380 g/mol. The van der Waals surface area contributed by atoms with Crippen LogP contribution in [0.3, 0.4) is 0 Å². The van der Waals surface area contributed by atoms with E-state index in [-0.39, 0.29) is 17.5 Å². The van der Waals surface area contributed by atoms with E-state index in [9.17, 15) is 9.59 Å². The Balaban J connectivity index is 1.48. The van der Waals surface area contributed by atoms with Gasteiger partial charge in [0.2, 0.25) is 0 Å². The molecule has 2 aromatic heterocycles. The molecule has 4 rings (SSSR count). The molecule has 1 aliphatic rings. The third-order valence-corrected chi connectivity index (χ3v) is 5.85. The molecule has 0 spiro atoms. The molecule has 0 saturated heterocycles. The first-order valence-electron chi connectivity index (χ1n) is 9.00. The summed E-state index contributed by atoms with van der Waals surface area (Å²) >= 11 is 1.55. The van der Waals surface area contributed by atoms with Crippen molar-refractivity contribution in [3.05, 3.63) is 58.3 Å². The molecule has 6 heteroatoms. The second-order valence-electron chi connectivity index (χ2n) is 6.99. The number of hydrogen-bond donors (Lipinski definition) is 1. The number of furan rings is 1. The Hall–Kier alpha value is -2.73. The van der Waals surface area contributed by atoms with E-state index in [2.05, 4.69) is 17.2 Å². The van der Waals surface area contributed by atoms with E-state index in [0.29, 0.717) is 22.4 Å². The Morgan fingerprint density at radius 1 is 1.19 bits per heavy atom. The standard InChI is InChI=1S/C21H20N2O3S/c1-12-3-8-16-19(11-12)27-21(22-16)23-20(25)18-10-9-17(26-18)15-6-4-14(5-7-15)13(2)24/h4-7,9-10,12H,3,8,11H2,1-2H3,(H,22,23,25). The van der Waals surface area contributed by atoms with Crippen LogP contribution in [0.15, 0.2) is 40.8 Å². The van der Waals surface area contributed by atoms with Crippen LogP contribution in [0.4, 0.5) is 5.13 Å². The SMILES string of the molecule is CC(=O)c1ccc(-c2ccc(C(=O)Nc3nc4c(s3)CC(C)CC4)o2)cc1. The molecule has 1 unspecified atom stereocenters. The zero-order chi connectivity index (χ0) is 19.0. The highest BCUT2D eigenvalue weighted by Crippen LogP contribution is 2.32. The summed E-state index contributed by atoms with van der Waals surface area (Å²) in [6.07, 6.45) is 3.15. The van der Waals surface area contributed by atoms with Crippen LogP contribution in [0.5, 0.6) is 0 Å². The molecular weight excluding hydrogens is 360 g/mol. The molecule has 2 heterocycles. The molecule has 0 saturated carbocycles. The summed E-state index contributed by atoms with van der Waals surface area (Å²) in [6.45, 7) is 3.77. The van der Waals surface area contributed by atoms with E-state index in [0.717, 1.165) is 30.5 Å². The number of Topliss-reactive ketones (excluding diaryl/α,β-unsaturated/α-hetero) is 1. The number of hydrogen-bond acceptors (Lipinski definition) is 5. The van der Waals surface area contributed by atoms with Gasteiger partial charge >= 0.3 is 0 Å². The fraction of sp³-hybridized carbons (Fsp3) is 0.286. The zero-order valence-electron chi connectivity index (χ0n) is 15.2. The third kappa shape index (κ3) is 3.71. The molecule has 0 bridgehead atoms. The number of thiazole rings is 1. The van der Waals surface area contributed by atoms with Crippen LogP contribution in [0.1, 0.15) is 51.8 Å². The van der Waals surface area contributed by atoms with Gasteiger partial charge in [-0.15, -0.1) is 11.3 Å². The number of benzene rings is 1. The van der Waals surface area contributed by atoms with Gasteiger partial charge in [0.25, 0.3) is 5.91 Å². The van der Waals surface area contributed by atoms with Gasteiger partial charge in [-0.05, 0) is 44.2 Å². The van der Waals surface area contributed by atoms with Crippen molar-refractivity contribution in [2.75, 3.05) is 5.32 Å². The van der Waals surface area contributed by atoms with Gasteiger partial charge in [-0.25, -0.2) is 4.98 Å². The van der Waals surface area contributed by atoms with E-state index in [1.807, 2.05) is 12.1 Å². The number of nitrogens with zero attached hydrogens (tertiary/aromatic N) is 1. The summed E-state index contributed by atoms with van der Waals surface area (Å²) in [5, 5.41) is 3.48. The number of rotatable bonds is 4. The molecule has 1 aromatic carbocycles. The van der Waals surface area contributed by atoms with E-state index in [1.165, 1.54) is 11.8 Å². The molecule has 0 radical (unpaired) electrons. The van der Waals surface area contributed by atoms with Crippen molar-refractivity contribution in [1.82, 2.24) is 4.98 Å². The molecule has 138 valence electrons. The Labute approximate surface area is 161 Å². The monoisotopic (exact) mass is 380 g/mol. The van der Waals surface area contributed by atoms with Gasteiger partial charge in [-0.1, -0.05) is 31.2 Å². The van der Waals surface area contributed by atoms with Crippen LogP contribution in [0.2, 0.25) is 0 Å². The molecule has 0 fully saturated rings. The van der Waals surface area contributed by atoms with Crippen molar-refractivity contribution in [2.24, 2.45) is 5.92 Å². The van der Waals surface area contributed by atoms with Gasteiger partial charge < -0.3 is 4.42 Å². The maximum atomic E-state index is 12.5. The Morgan fingerprint density at radius 3 is 2.70 bits per heavy atom. The number of nitrogens with one attached hydrogen (secondary N) is 1. The van der Waals surface area contributed by atoms with Crippen LogP contribution in [0, 0.1) is 5.92 Å². The summed E-state index contributed by atoms with van der Waals surface area (Å²) in [5.74, 6) is 1.20. The molecule has 1 N–H and O–H groups in total. The van der Waals surface area contributed by atoms with Crippen LogP contribution >= 0.6 is 11.3 Å². The summed E-state index contributed by atoms with van der Waals surface area (Å²) in [6, 6.07) is 10.5. The van der Waals surface area contributed by atoms with Crippen LogP contribution < -0.4 is 5.32 Å². The summed E-state index contributed by atoms with van der Waals surface area (Å²) in [5.41, 5.74) is 2.57. The fourth-order valence-electron chi connectivity index (χ4n) is 3.24. The second kappa shape index (κ2) is 7.12. The first-order valence-corrected chi connectivity index (χ1v) is 9.82. The third-order valence-electron chi connectivity index (χ3n) is 4.81.